The smallest absolute Gasteiger partial charge is 0.312 e. The van der Waals surface area contributed by atoms with Crippen LogP contribution in [-0.4, -0.2) is 145 Å². The van der Waals surface area contributed by atoms with Crippen LogP contribution >= 0.6 is 0 Å². The van der Waals surface area contributed by atoms with Crippen molar-refractivity contribution >= 4 is 34.6 Å². The number of anilines is 1. The third-order valence-corrected chi connectivity index (χ3v) is 14.3. The highest BCUT2D eigenvalue weighted by Gasteiger charge is 2.50. The van der Waals surface area contributed by atoms with Crippen molar-refractivity contribution < 1.29 is 48.7 Å². The van der Waals surface area contributed by atoms with E-state index in [2.05, 4.69) is 48.0 Å². The number of rotatable bonds is 5. The van der Waals surface area contributed by atoms with Crippen molar-refractivity contribution in [2.75, 3.05) is 72.3 Å². The molecular formula is C51H74N6O10. The number of aliphatic hydroxyl groups is 1. The number of phenols is 2. The van der Waals surface area contributed by atoms with Gasteiger partial charge in [0.1, 0.15) is 28.6 Å². The number of likely N-dealkylation sites (tertiary alicyclic amines) is 1. The van der Waals surface area contributed by atoms with Crippen LogP contribution in [0.15, 0.2) is 46.1 Å². The third kappa shape index (κ3) is 10.9. The van der Waals surface area contributed by atoms with Crippen LogP contribution in [0.3, 0.4) is 0 Å². The van der Waals surface area contributed by atoms with Crippen molar-refractivity contribution in [2.24, 2.45) is 39.6 Å². The van der Waals surface area contributed by atoms with Gasteiger partial charge in [0.25, 0.3) is 18.2 Å². The molecule has 2 fully saturated rings. The highest BCUT2D eigenvalue weighted by molar-refractivity contribution is 6.19. The number of ketones is 1. The first kappa shape index (κ1) is 51.5. The molecule has 5 aliphatic rings. The number of amides is 1. The second-order valence-corrected chi connectivity index (χ2v) is 20.2. The molecule has 16 heteroatoms. The number of hydrogen-bond donors (Lipinski definition) is 4. The van der Waals surface area contributed by atoms with E-state index >= 15 is 0 Å². The summed E-state index contributed by atoms with van der Waals surface area (Å²) < 4.78 is 23.8. The van der Waals surface area contributed by atoms with Gasteiger partial charge in [-0.05, 0) is 58.2 Å². The SMILES string of the molecule is CN1CCN(C)CC1.CO[C@H]1/C=C/OC2(C)Oc3c(C)c(O)c4c(O)c(c5c(c4c3C2=O)=NC2(CCN(CC(C)C)CC2)N=5)NC(=O)/C(C)=C\C=C\[C@H](C)C[C@@H](C)[C@@H](O)[C@@H](C)[C@H](OC=O)[C@@H]1C. The van der Waals surface area contributed by atoms with Crippen LogP contribution in [0, 0.1) is 36.5 Å². The summed E-state index contributed by atoms with van der Waals surface area (Å²) in [5.41, 5.74) is -0.378. The lowest BCUT2D eigenvalue weighted by molar-refractivity contribution is -0.146. The van der Waals surface area contributed by atoms with Gasteiger partial charge in [-0.2, -0.15) is 0 Å². The number of nitrogens with one attached hydrogen (secondary N) is 1. The maximum Gasteiger partial charge on any atom is 0.312 e. The van der Waals surface area contributed by atoms with Crippen LogP contribution in [0.4, 0.5) is 5.69 Å². The minimum atomic E-state index is -1.92. The van der Waals surface area contributed by atoms with E-state index in [1.54, 1.807) is 32.1 Å². The van der Waals surface area contributed by atoms with Gasteiger partial charge in [0.05, 0.1) is 34.8 Å². The maximum absolute atomic E-state index is 14.7. The Balaban J connectivity index is 0.000000837. The minimum absolute atomic E-state index is 0.00884. The minimum Gasteiger partial charge on any atom is -0.507 e. The number of benzene rings is 2. The number of aliphatic hydroxyl groups excluding tert-OH is 1. The average Bonchev–Trinajstić information content (AvgIpc) is 3.78. The van der Waals surface area contributed by atoms with Gasteiger partial charge in [0.15, 0.2) is 11.4 Å². The number of Topliss-reactive ketones (excluding diaryl/α,β-unsaturated/α-hetero) is 1. The summed E-state index contributed by atoms with van der Waals surface area (Å²) in [5, 5.41) is 38.8. The Morgan fingerprint density at radius 2 is 1.55 bits per heavy atom. The lowest BCUT2D eigenvalue weighted by Crippen LogP contribution is -2.43. The Morgan fingerprint density at radius 1 is 0.925 bits per heavy atom. The molecule has 0 saturated carbocycles. The Hall–Kier alpha value is -4.87. The van der Waals surface area contributed by atoms with E-state index in [0.29, 0.717) is 37.2 Å². The molecule has 8 atom stereocenters. The van der Waals surface area contributed by atoms with Crippen molar-refractivity contribution in [1.29, 1.82) is 0 Å². The third-order valence-electron chi connectivity index (χ3n) is 14.3. The molecule has 0 aliphatic carbocycles. The number of carbonyl (C=O) groups is 3. The molecule has 5 aliphatic heterocycles. The number of methoxy groups -OCH3 is 1. The average molecular weight is 931 g/mol. The van der Waals surface area contributed by atoms with E-state index in [4.69, 9.17) is 28.9 Å². The number of fused-ring (bicyclic) bond motifs is 1. The van der Waals surface area contributed by atoms with E-state index in [-0.39, 0.29) is 61.6 Å². The van der Waals surface area contributed by atoms with Gasteiger partial charge < -0.3 is 54.3 Å². The van der Waals surface area contributed by atoms with E-state index < -0.39 is 59.0 Å². The molecule has 1 unspecified atom stereocenters. The molecule has 16 nitrogen and oxygen atoms in total. The van der Waals surface area contributed by atoms with Crippen molar-refractivity contribution in [1.82, 2.24) is 14.7 Å². The molecule has 67 heavy (non-hydrogen) atoms. The number of nitrogens with zero attached hydrogens (tertiary/aromatic N) is 5. The molecule has 5 heterocycles. The number of piperazine rings is 1. The second kappa shape index (κ2) is 21.2. The highest BCUT2D eigenvalue weighted by atomic mass is 16.7. The number of carbonyl (C=O) groups excluding carboxylic acids is 3. The number of phenolic OH excluding ortho intramolecular Hbond substituents is 2. The van der Waals surface area contributed by atoms with Crippen LogP contribution in [0.1, 0.15) is 90.6 Å². The quantitative estimate of drug-likeness (QED) is 0.225. The molecular weight excluding hydrogens is 857 g/mol. The fourth-order valence-corrected chi connectivity index (χ4v) is 10.1. The summed E-state index contributed by atoms with van der Waals surface area (Å²) in [7, 11) is 5.85. The first-order valence-corrected chi connectivity index (χ1v) is 23.8. The topological polar surface area (TPSA) is 195 Å². The predicted octanol–water partition coefficient (Wildman–Crippen LogP) is 5.25. The molecule has 4 N–H and O–H groups in total. The van der Waals surface area contributed by atoms with E-state index in [0.717, 1.165) is 19.6 Å². The van der Waals surface area contributed by atoms with Crippen LogP contribution in [0.25, 0.3) is 10.8 Å². The Bertz CT molecular complexity index is 2370. The molecule has 368 valence electrons. The second-order valence-electron chi connectivity index (χ2n) is 20.2. The number of likely N-dealkylation sites (N-methyl/N-ethyl adjacent to an activating group) is 2. The fraction of sp³-hybridized carbons (Fsp3) is 0.627. The van der Waals surface area contributed by atoms with E-state index in [1.165, 1.54) is 46.5 Å². The largest absolute Gasteiger partial charge is 0.507 e. The lowest BCUT2D eigenvalue weighted by Gasteiger charge is -2.36. The number of piperidine rings is 1. The number of aromatic hydroxyl groups is 2. The summed E-state index contributed by atoms with van der Waals surface area (Å²) in [6, 6.07) is 0. The van der Waals surface area contributed by atoms with Crippen LogP contribution in [-0.2, 0) is 23.8 Å². The maximum atomic E-state index is 14.7. The Morgan fingerprint density at radius 3 is 2.15 bits per heavy atom. The lowest BCUT2D eigenvalue weighted by atomic mass is 9.79. The normalized spacial score (nSPS) is 31.4. The summed E-state index contributed by atoms with van der Waals surface area (Å²) in [4.78, 5) is 57.7. The van der Waals surface area contributed by atoms with Crippen molar-refractivity contribution in [3.05, 3.63) is 58.0 Å². The highest BCUT2D eigenvalue weighted by Crippen LogP contribution is 2.50. The number of hydrogen-bond acceptors (Lipinski definition) is 15. The summed E-state index contributed by atoms with van der Waals surface area (Å²) in [6.45, 7) is 24.3. The van der Waals surface area contributed by atoms with Crippen molar-refractivity contribution in [2.45, 2.75) is 111 Å². The molecule has 0 aromatic heterocycles. The first-order valence-electron chi connectivity index (χ1n) is 23.8. The van der Waals surface area contributed by atoms with Gasteiger partial charge in [-0.25, -0.2) is 0 Å². The number of ether oxygens (including phenoxy) is 4. The molecule has 2 aromatic rings. The van der Waals surface area contributed by atoms with Crippen LogP contribution in [0.5, 0.6) is 17.2 Å². The zero-order valence-electron chi connectivity index (χ0n) is 41.6. The van der Waals surface area contributed by atoms with Gasteiger partial charge >= 0.3 is 5.79 Å². The van der Waals surface area contributed by atoms with E-state index in [9.17, 15) is 29.7 Å². The molecule has 2 saturated heterocycles. The van der Waals surface area contributed by atoms with Crippen LogP contribution in [0.2, 0.25) is 0 Å². The van der Waals surface area contributed by atoms with Gasteiger partial charge in [-0.1, -0.05) is 59.8 Å². The zero-order valence-corrected chi connectivity index (χ0v) is 41.6. The predicted molar refractivity (Wildman–Crippen MR) is 257 cm³/mol. The van der Waals surface area contributed by atoms with Gasteiger partial charge in [0.2, 0.25) is 0 Å². The standard InChI is InChI=1S/C45H60N4O10.C6H14N2/c1-23(2)21-49-17-15-45(16-18-49)47-34-31-32-38(52)29(8)41-33(31)42(54)44(9,59-41)58-19-14-30(56-10)27(6)40(57-22-50)28(7)37(51)26(5)20-24(3)12-11-13-25(4)43(55)46-36(39(32)53)35(34)48-45;1-7-3-5-8(2)6-4-7/h11-14,19,22-24,26-28,30,37,40,51-53H,15-18,20-21H2,1-10H3,(H,46,55);3-6H2,1-2H3/b12-11+,19-14+,25-13-;/t24-,26+,27+,28+,30-,37+,40+,44?;/m0./s1. The van der Waals surface area contributed by atoms with Gasteiger partial charge in [-0.3, -0.25) is 24.4 Å². The molecule has 0 radical (unpaired) electrons. The summed E-state index contributed by atoms with van der Waals surface area (Å²) in [5.74, 6) is -4.42. The van der Waals surface area contributed by atoms with Gasteiger partial charge in [-0.15, -0.1) is 0 Å². The molecule has 1 spiro atoms. The summed E-state index contributed by atoms with van der Waals surface area (Å²) in [6.07, 6.45) is 7.73. The first-order chi connectivity index (χ1) is 31.6. The van der Waals surface area contributed by atoms with Crippen molar-refractivity contribution in [3.63, 3.8) is 0 Å². The van der Waals surface area contributed by atoms with E-state index in [1.807, 2.05) is 33.8 Å². The fourth-order valence-electron chi connectivity index (χ4n) is 10.1. The van der Waals surface area contributed by atoms with Crippen molar-refractivity contribution in [3.8, 4) is 17.2 Å². The van der Waals surface area contributed by atoms with Gasteiger partial charge in [0, 0.05) is 101 Å². The molecule has 7 rings (SSSR count). The zero-order chi connectivity index (χ0) is 49.1. The Kier molecular flexibility index (Phi) is 16.3. The summed E-state index contributed by atoms with van der Waals surface area (Å²) >= 11 is 0. The molecule has 4 bridgehead atoms. The number of allylic oxidation sites excluding steroid dienone is 3. The Labute approximate surface area is 395 Å². The molecule has 1 amide bonds. The monoisotopic (exact) mass is 931 g/mol. The molecule has 2 aromatic carbocycles. The van der Waals surface area contributed by atoms with Crippen LogP contribution < -0.4 is 20.8 Å².